The summed E-state index contributed by atoms with van der Waals surface area (Å²) < 4.78 is 0. The Kier molecular flexibility index (Phi) is 2.83. The van der Waals surface area contributed by atoms with Gasteiger partial charge < -0.3 is 11.1 Å². The van der Waals surface area contributed by atoms with Crippen molar-refractivity contribution in [1.29, 1.82) is 0 Å². The van der Waals surface area contributed by atoms with E-state index in [1.807, 2.05) is 6.92 Å². The standard InChI is InChI=1S/C7H8ClN3S/c1-4-2-5(8)3-10-6(4)11-7(9)12/h2-3H,1H3,(H3,9,10,11,12). The van der Waals surface area contributed by atoms with Gasteiger partial charge in [-0.25, -0.2) is 4.98 Å². The third kappa shape index (κ3) is 2.32. The van der Waals surface area contributed by atoms with E-state index in [1.165, 1.54) is 6.20 Å². The Morgan fingerprint density at radius 2 is 2.42 bits per heavy atom. The van der Waals surface area contributed by atoms with Gasteiger partial charge in [0.05, 0.1) is 5.02 Å². The molecule has 0 aliphatic rings. The molecule has 0 aromatic carbocycles. The summed E-state index contributed by atoms with van der Waals surface area (Å²) in [5.41, 5.74) is 6.19. The smallest absolute Gasteiger partial charge is 0.169 e. The second-order valence-electron chi connectivity index (χ2n) is 2.31. The number of aromatic nitrogens is 1. The van der Waals surface area contributed by atoms with E-state index in [0.717, 1.165) is 5.56 Å². The summed E-state index contributed by atoms with van der Waals surface area (Å²) in [5.74, 6) is 0.645. The predicted octanol–water partition coefficient (Wildman–Crippen LogP) is 1.70. The summed E-state index contributed by atoms with van der Waals surface area (Å²) in [4.78, 5) is 4.01. The third-order valence-electron chi connectivity index (χ3n) is 1.29. The molecule has 0 saturated heterocycles. The summed E-state index contributed by atoms with van der Waals surface area (Å²) >= 11 is 10.4. The lowest BCUT2D eigenvalue weighted by Gasteiger charge is -2.05. The van der Waals surface area contributed by atoms with Crippen molar-refractivity contribution in [3.63, 3.8) is 0 Å². The summed E-state index contributed by atoms with van der Waals surface area (Å²) in [6, 6.07) is 1.79. The van der Waals surface area contributed by atoms with Crippen molar-refractivity contribution >= 4 is 34.7 Å². The largest absolute Gasteiger partial charge is 0.376 e. The highest BCUT2D eigenvalue weighted by Gasteiger charge is 1.99. The second kappa shape index (κ2) is 3.69. The first-order chi connectivity index (χ1) is 5.59. The number of aryl methyl sites for hydroxylation is 1. The molecule has 1 rings (SSSR count). The van der Waals surface area contributed by atoms with Crippen LogP contribution in [0.5, 0.6) is 0 Å². The molecule has 0 aliphatic heterocycles. The van der Waals surface area contributed by atoms with E-state index in [2.05, 4.69) is 22.5 Å². The van der Waals surface area contributed by atoms with Crippen LogP contribution in [-0.2, 0) is 0 Å². The number of halogens is 1. The van der Waals surface area contributed by atoms with E-state index in [1.54, 1.807) is 6.07 Å². The number of rotatable bonds is 1. The van der Waals surface area contributed by atoms with Crippen molar-refractivity contribution in [3.05, 3.63) is 22.8 Å². The van der Waals surface area contributed by atoms with Crippen LogP contribution in [-0.4, -0.2) is 10.1 Å². The van der Waals surface area contributed by atoms with Crippen LogP contribution in [0.1, 0.15) is 5.56 Å². The van der Waals surface area contributed by atoms with Gasteiger partial charge in [0.2, 0.25) is 0 Å². The molecule has 0 bridgehead atoms. The lowest BCUT2D eigenvalue weighted by atomic mass is 10.3. The molecule has 0 atom stereocenters. The third-order valence-corrected chi connectivity index (χ3v) is 1.60. The molecular formula is C7H8ClN3S. The quantitative estimate of drug-likeness (QED) is 0.680. The maximum atomic E-state index is 5.70. The number of thiocarbonyl (C=S) groups is 1. The van der Waals surface area contributed by atoms with Crippen molar-refractivity contribution in [2.24, 2.45) is 5.73 Å². The number of anilines is 1. The topological polar surface area (TPSA) is 50.9 Å². The van der Waals surface area contributed by atoms with E-state index >= 15 is 0 Å². The summed E-state index contributed by atoms with van der Waals surface area (Å²) in [6.07, 6.45) is 1.54. The lowest BCUT2D eigenvalue weighted by Crippen LogP contribution is -2.20. The SMILES string of the molecule is Cc1cc(Cl)cnc1NC(N)=S. The van der Waals surface area contributed by atoms with Gasteiger partial charge in [0.25, 0.3) is 0 Å². The van der Waals surface area contributed by atoms with Crippen LogP contribution in [0.15, 0.2) is 12.3 Å². The molecule has 1 aromatic rings. The molecular weight excluding hydrogens is 194 g/mol. The zero-order valence-corrected chi connectivity index (χ0v) is 8.04. The predicted molar refractivity (Wildman–Crippen MR) is 54.4 cm³/mol. The average molecular weight is 202 g/mol. The lowest BCUT2D eigenvalue weighted by molar-refractivity contribution is 1.27. The molecule has 5 heteroatoms. The van der Waals surface area contributed by atoms with E-state index < -0.39 is 0 Å². The zero-order valence-electron chi connectivity index (χ0n) is 6.47. The highest BCUT2D eigenvalue weighted by molar-refractivity contribution is 7.80. The van der Waals surface area contributed by atoms with E-state index in [-0.39, 0.29) is 5.11 Å². The molecule has 3 N–H and O–H groups in total. The van der Waals surface area contributed by atoms with Crippen molar-refractivity contribution in [2.45, 2.75) is 6.92 Å². The van der Waals surface area contributed by atoms with Crippen molar-refractivity contribution < 1.29 is 0 Å². The molecule has 0 radical (unpaired) electrons. The highest BCUT2D eigenvalue weighted by atomic mass is 35.5. The molecule has 0 unspecified atom stereocenters. The minimum atomic E-state index is 0.202. The minimum Gasteiger partial charge on any atom is -0.376 e. The fourth-order valence-electron chi connectivity index (χ4n) is 0.788. The summed E-state index contributed by atoms with van der Waals surface area (Å²) in [7, 11) is 0. The van der Waals surface area contributed by atoms with E-state index in [4.69, 9.17) is 17.3 Å². The van der Waals surface area contributed by atoms with E-state index in [9.17, 15) is 0 Å². The van der Waals surface area contributed by atoms with Crippen molar-refractivity contribution in [2.75, 3.05) is 5.32 Å². The number of hydrogen-bond donors (Lipinski definition) is 2. The van der Waals surface area contributed by atoms with Crippen LogP contribution < -0.4 is 11.1 Å². The molecule has 3 nitrogen and oxygen atoms in total. The number of nitrogens with zero attached hydrogens (tertiary/aromatic N) is 1. The van der Waals surface area contributed by atoms with Crippen LogP contribution in [0.2, 0.25) is 5.02 Å². The second-order valence-corrected chi connectivity index (χ2v) is 3.18. The number of hydrogen-bond acceptors (Lipinski definition) is 2. The Morgan fingerprint density at radius 3 is 2.92 bits per heavy atom. The van der Waals surface area contributed by atoms with Gasteiger partial charge in [0, 0.05) is 6.20 Å². The van der Waals surface area contributed by atoms with Gasteiger partial charge in [0.1, 0.15) is 5.82 Å². The van der Waals surface area contributed by atoms with Gasteiger partial charge in [-0.05, 0) is 30.8 Å². The van der Waals surface area contributed by atoms with Gasteiger partial charge in [-0.3, -0.25) is 0 Å². The Bertz CT molecular complexity index is 314. The fourth-order valence-corrected chi connectivity index (χ4v) is 1.10. The van der Waals surface area contributed by atoms with Gasteiger partial charge in [-0.15, -0.1) is 0 Å². The summed E-state index contributed by atoms with van der Waals surface area (Å²) in [6.45, 7) is 1.87. The monoisotopic (exact) mass is 201 g/mol. The molecule has 0 amide bonds. The Balaban J connectivity index is 2.93. The van der Waals surface area contributed by atoms with Crippen LogP contribution in [0.3, 0.4) is 0 Å². The van der Waals surface area contributed by atoms with Crippen LogP contribution in [0.25, 0.3) is 0 Å². The van der Waals surface area contributed by atoms with Crippen LogP contribution in [0, 0.1) is 6.92 Å². The molecule has 0 fully saturated rings. The number of nitrogens with one attached hydrogen (secondary N) is 1. The molecule has 1 heterocycles. The zero-order chi connectivity index (χ0) is 9.14. The first-order valence-electron chi connectivity index (χ1n) is 3.28. The first kappa shape index (κ1) is 9.22. The normalized spacial score (nSPS) is 9.50. The molecule has 1 aromatic heterocycles. The number of pyridine rings is 1. The Morgan fingerprint density at radius 1 is 1.75 bits per heavy atom. The fraction of sp³-hybridized carbons (Fsp3) is 0.143. The molecule has 0 spiro atoms. The molecule has 12 heavy (non-hydrogen) atoms. The molecule has 0 aliphatic carbocycles. The summed E-state index contributed by atoms with van der Waals surface area (Å²) in [5, 5.41) is 3.54. The maximum Gasteiger partial charge on any atom is 0.169 e. The first-order valence-corrected chi connectivity index (χ1v) is 4.07. The number of nitrogens with two attached hydrogens (primary N) is 1. The van der Waals surface area contributed by atoms with Gasteiger partial charge in [0.15, 0.2) is 5.11 Å². The molecule has 0 saturated carbocycles. The minimum absolute atomic E-state index is 0.202. The van der Waals surface area contributed by atoms with Gasteiger partial charge in [-0.2, -0.15) is 0 Å². The Labute approximate surface area is 80.9 Å². The Hall–Kier alpha value is -0.870. The average Bonchev–Trinajstić information content (AvgIpc) is 1.94. The highest BCUT2D eigenvalue weighted by Crippen LogP contribution is 2.15. The molecule has 64 valence electrons. The van der Waals surface area contributed by atoms with Gasteiger partial charge >= 0.3 is 0 Å². The van der Waals surface area contributed by atoms with E-state index in [0.29, 0.717) is 10.8 Å². The van der Waals surface area contributed by atoms with Crippen molar-refractivity contribution in [3.8, 4) is 0 Å². The van der Waals surface area contributed by atoms with Crippen molar-refractivity contribution in [1.82, 2.24) is 4.98 Å². The van der Waals surface area contributed by atoms with Crippen LogP contribution >= 0.6 is 23.8 Å². The van der Waals surface area contributed by atoms with Gasteiger partial charge in [-0.1, -0.05) is 11.6 Å². The van der Waals surface area contributed by atoms with Crippen LogP contribution in [0.4, 0.5) is 5.82 Å². The maximum absolute atomic E-state index is 5.70.